The molecule has 472 valence electrons. The average molecular weight is 1150 g/mol. The molecule has 0 rings (SSSR count). The van der Waals surface area contributed by atoms with Crippen LogP contribution in [0.2, 0.25) is 0 Å². The number of ether oxygens (including phenoxy) is 3. The summed E-state index contributed by atoms with van der Waals surface area (Å²) in [6.07, 6.45) is 99.0. The van der Waals surface area contributed by atoms with E-state index >= 15 is 0 Å². The molecular weight excluding hydrogens is 1020 g/mol. The number of allylic oxidation sites excluding steroid dienone is 22. The molecule has 0 amide bonds. The summed E-state index contributed by atoms with van der Waals surface area (Å²) in [5, 5.41) is 0. The molecule has 0 saturated heterocycles. The minimum absolute atomic E-state index is 0.0884. The Bertz CT molecular complexity index is 1750. The van der Waals surface area contributed by atoms with Crippen molar-refractivity contribution in [3.63, 3.8) is 0 Å². The average Bonchev–Trinajstić information content (AvgIpc) is 3.49. The highest BCUT2D eigenvalue weighted by Gasteiger charge is 2.19. The zero-order chi connectivity index (χ0) is 59.9. The third-order valence-electron chi connectivity index (χ3n) is 14.6. The van der Waals surface area contributed by atoms with Gasteiger partial charge in [0.15, 0.2) is 6.10 Å². The van der Waals surface area contributed by atoms with Gasteiger partial charge in [0, 0.05) is 19.3 Å². The van der Waals surface area contributed by atoms with Crippen molar-refractivity contribution in [3.8, 4) is 0 Å². The molecule has 0 aromatic rings. The van der Waals surface area contributed by atoms with E-state index < -0.39 is 6.10 Å². The number of hydrogen-bond donors (Lipinski definition) is 0. The number of rotatable bonds is 62. The van der Waals surface area contributed by atoms with E-state index in [9.17, 15) is 14.4 Å². The van der Waals surface area contributed by atoms with Gasteiger partial charge in [0.25, 0.3) is 0 Å². The topological polar surface area (TPSA) is 78.9 Å². The first-order valence-corrected chi connectivity index (χ1v) is 34.7. The molecular formula is C77H128O6. The predicted molar refractivity (Wildman–Crippen MR) is 362 cm³/mol. The zero-order valence-corrected chi connectivity index (χ0v) is 54.2. The summed E-state index contributed by atoms with van der Waals surface area (Å²) in [5.41, 5.74) is 0. The van der Waals surface area contributed by atoms with Crippen LogP contribution in [0.3, 0.4) is 0 Å². The van der Waals surface area contributed by atoms with E-state index in [1.165, 1.54) is 128 Å². The van der Waals surface area contributed by atoms with Crippen molar-refractivity contribution in [2.75, 3.05) is 13.2 Å². The normalized spacial score (nSPS) is 13.0. The van der Waals surface area contributed by atoms with Crippen LogP contribution in [0.5, 0.6) is 0 Å². The van der Waals surface area contributed by atoms with Crippen molar-refractivity contribution in [1.29, 1.82) is 0 Å². The molecule has 0 heterocycles. The highest BCUT2D eigenvalue weighted by molar-refractivity contribution is 5.71. The van der Waals surface area contributed by atoms with E-state index in [0.717, 1.165) is 148 Å². The second kappa shape index (κ2) is 70.0. The Morgan fingerprint density at radius 2 is 0.470 bits per heavy atom. The van der Waals surface area contributed by atoms with Crippen molar-refractivity contribution in [1.82, 2.24) is 0 Å². The van der Waals surface area contributed by atoms with Gasteiger partial charge in [-0.05, 0) is 135 Å². The molecule has 0 N–H and O–H groups in total. The van der Waals surface area contributed by atoms with Crippen molar-refractivity contribution >= 4 is 17.9 Å². The summed E-state index contributed by atoms with van der Waals surface area (Å²) >= 11 is 0. The Labute approximate surface area is 513 Å². The van der Waals surface area contributed by atoms with Gasteiger partial charge >= 0.3 is 17.9 Å². The van der Waals surface area contributed by atoms with Crippen molar-refractivity contribution in [2.45, 2.75) is 322 Å². The van der Waals surface area contributed by atoms with E-state index in [1.807, 2.05) is 0 Å². The van der Waals surface area contributed by atoms with Crippen LogP contribution >= 0.6 is 0 Å². The number of carbonyl (C=O) groups excluding carboxylic acids is 3. The Morgan fingerprint density at radius 3 is 0.735 bits per heavy atom. The van der Waals surface area contributed by atoms with Crippen molar-refractivity contribution in [3.05, 3.63) is 134 Å². The number of unbranched alkanes of at least 4 members (excludes halogenated alkanes) is 29. The van der Waals surface area contributed by atoms with Crippen LogP contribution in [-0.4, -0.2) is 37.2 Å². The molecule has 0 aliphatic rings. The van der Waals surface area contributed by atoms with Crippen LogP contribution in [-0.2, 0) is 28.6 Å². The van der Waals surface area contributed by atoms with Gasteiger partial charge < -0.3 is 14.2 Å². The van der Waals surface area contributed by atoms with E-state index in [4.69, 9.17) is 14.2 Å². The fourth-order valence-corrected chi connectivity index (χ4v) is 9.49. The van der Waals surface area contributed by atoms with Crippen LogP contribution in [0.1, 0.15) is 316 Å². The molecule has 0 aromatic carbocycles. The van der Waals surface area contributed by atoms with E-state index in [1.54, 1.807) is 0 Å². The first-order valence-electron chi connectivity index (χ1n) is 34.7. The first-order chi connectivity index (χ1) is 41.0. The van der Waals surface area contributed by atoms with Crippen molar-refractivity contribution in [2.24, 2.45) is 0 Å². The summed E-state index contributed by atoms with van der Waals surface area (Å²) < 4.78 is 16.9. The fraction of sp³-hybridized carbons (Fsp3) is 0.675. The highest BCUT2D eigenvalue weighted by Crippen LogP contribution is 2.16. The summed E-state index contributed by atoms with van der Waals surface area (Å²) in [6, 6.07) is 0. The van der Waals surface area contributed by atoms with Gasteiger partial charge in [-0.2, -0.15) is 0 Å². The summed E-state index contributed by atoms with van der Waals surface area (Å²) in [6.45, 7) is 6.39. The second-order valence-corrected chi connectivity index (χ2v) is 22.7. The van der Waals surface area contributed by atoms with Gasteiger partial charge in [0.1, 0.15) is 13.2 Å². The van der Waals surface area contributed by atoms with Crippen LogP contribution in [0.15, 0.2) is 134 Å². The SMILES string of the molecule is CC/C=C\C/C=C\C/C=C\C/C=C\C/C=C\C/C=C\CCCCCCCCCCCCCCCCC(=O)OCC(COC(=O)CCCCCCC/C=C\C/C=C\C/C=C\CC)OC(=O)CCCCCCCCC/C=C\C/C=C\CCCCC. The molecule has 1 unspecified atom stereocenters. The van der Waals surface area contributed by atoms with Crippen LogP contribution < -0.4 is 0 Å². The van der Waals surface area contributed by atoms with E-state index in [2.05, 4.69) is 154 Å². The molecule has 0 aliphatic heterocycles. The maximum Gasteiger partial charge on any atom is 0.306 e. The zero-order valence-electron chi connectivity index (χ0n) is 54.2. The van der Waals surface area contributed by atoms with Gasteiger partial charge in [-0.25, -0.2) is 0 Å². The third-order valence-corrected chi connectivity index (χ3v) is 14.6. The van der Waals surface area contributed by atoms with Gasteiger partial charge in [-0.3, -0.25) is 14.4 Å². The minimum Gasteiger partial charge on any atom is -0.462 e. The highest BCUT2D eigenvalue weighted by atomic mass is 16.6. The third kappa shape index (κ3) is 68.2. The van der Waals surface area contributed by atoms with Gasteiger partial charge in [0.05, 0.1) is 0 Å². The van der Waals surface area contributed by atoms with Gasteiger partial charge in [-0.15, -0.1) is 0 Å². The molecule has 0 radical (unpaired) electrons. The Balaban J connectivity index is 4.26. The van der Waals surface area contributed by atoms with Gasteiger partial charge in [0.2, 0.25) is 0 Å². The second-order valence-electron chi connectivity index (χ2n) is 22.7. The Morgan fingerprint density at radius 1 is 0.253 bits per heavy atom. The smallest absolute Gasteiger partial charge is 0.306 e. The summed E-state index contributed by atoms with van der Waals surface area (Å²) in [7, 11) is 0. The largest absolute Gasteiger partial charge is 0.462 e. The van der Waals surface area contributed by atoms with Gasteiger partial charge in [-0.1, -0.05) is 296 Å². The van der Waals surface area contributed by atoms with Crippen LogP contribution in [0, 0.1) is 0 Å². The number of carbonyl (C=O) groups is 3. The maximum absolute atomic E-state index is 12.9. The molecule has 1 atom stereocenters. The molecule has 0 bridgehead atoms. The van der Waals surface area contributed by atoms with Crippen molar-refractivity contribution < 1.29 is 28.6 Å². The lowest BCUT2D eigenvalue weighted by atomic mass is 10.0. The predicted octanol–water partition coefficient (Wildman–Crippen LogP) is 24.1. The van der Waals surface area contributed by atoms with E-state index in [-0.39, 0.29) is 31.1 Å². The number of esters is 3. The molecule has 83 heavy (non-hydrogen) atoms. The summed E-state index contributed by atoms with van der Waals surface area (Å²) in [5.74, 6) is -0.907. The summed E-state index contributed by atoms with van der Waals surface area (Å²) in [4.78, 5) is 38.4. The van der Waals surface area contributed by atoms with Crippen LogP contribution in [0.4, 0.5) is 0 Å². The maximum atomic E-state index is 12.9. The lowest BCUT2D eigenvalue weighted by Crippen LogP contribution is -2.30. The first kappa shape index (κ1) is 78.5. The standard InChI is InChI=1S/C77H128O6/c1-4-7-10-13-16-19-22-25-28-30-31-32-33-34-35-36-37-38-39-40-41-42-43-44-45-47-49-52-55-58-61-64-67-70-76(79)82-73-74(72-81-75(78)69-66-63-60-57-54-51-48-27-24-21-18-15-12-9-6-3)83-77(80)71-68-65-62-59-56-53-50-46-29-26-23-20-17-14-11-8-5-2/h7,9-10,12,16-21,25-29,31-32,34-35,37-38,48,74H,4-6,8,11,13-15,22-24,30,33,36,39-47,49-73H2,1-3H3/b10-7-,12-9-,19-16-,20-17-,21-18-,28-25-,29-26-,32-31-,35-34-,38-37-,48-27-. The molecule has 0 saturated carbocycles. The molecule has 0 spiro atoms. The fourth-order valence-electron chi connectivity index (χ4n) is 9.49. The molecule has 6 heteroatoms. The Hall–Kier alpha value is -4.45. The lowest BCUT2D eigenvalue weighted by molar-refractivity contribution is -0.167. The molecule has 0 aliphatic carbocycles. The monoisotopic (exact) mass is 1150 g/mol. The lowest BCUT2D eigenvalue weighted by Gasteiger charge is -2.18. The molecule has 0 aromatic heterocycles. The number of hydrogen-bond acceptors (Lipinski definition) is 6. The Kier molecular flexibility index (Phi) is 66.3. The molecule has 6 nitrogen and oxygen atoms in total. The minimum atomic E-state index is -0.794. The molecule has 0 fully saturated rings. The van der Waals surface area contributed by atoms with Crippen LogP contribution in [0.25, 0.3) is 0 Å². The quantitative estimate of drug-likeness (QED) is 0.0261. The van der Waals surface area contributed by atoms with E-state index in [0.29, 0.717) is 19.3 Å².